The maximum absolute atomic E-state index is 11.8. The van der Waals surface area contributed by atoms with Gasteiger partial charge in [0.05, 0.1) is 6.10 Å². The normalized spacial score (nSPS) is 19.8. The Labute approximate surface area is 125 Å². The lowest BCUT2D eigenvalue weighted by atomic mass is 10.1. The Balaban J connectivity index is 1.60. The second-order valence-electron chi connectivity index (χ2n) is 5.22. The summed E-state index contributed by atoms with van der Waals surface area (Å²) in [7, 11) is 0. The lowest BCUT2D eigenvalue weighted by Crippen LogP contribution is -2.29. The molecule has 0 saturated carbocycles. The van der Waals surface area contributed by atoms with Crippen molar-refractivity contribution >= 4 is 17.7 Å². The van der Waals surface area contributed by atoms with Crippen LogP contribution in [0.2, 0.25) is 0 Å². The molecule has 1 fully saturated rings. The third-order valence-electron chi connectivity index (χ3n) is 3.38. The van der Waals surface area contributed by atoms with E-state index in [0.717, 1.165) is 25.9 Å². The van der Waals surface area contributed by atoms with E-state index in [1.165, 1.54) is 4.90 Å². The second-order valence-corrected chi connectivity index (χ2v) is 6.73. The SMILES string of the molecule is CC(CNC(=O)CCC1CCCO1)Sc1ccccc1. The van der Waals surface area contributed by atoms with Gasteiger partial charge in [0, 0.05) is 29.7 Å². The first kappa shape index (κ1) is 15.4. The van der Waals surface area contributed by atoms with E-state index >= 15 is 0 Å². The third-order valence-corrected chi connectivity index (χ3v) is 4.50. The number of carbonyl (C=O) groups is 1. The van der Waals surface area contributed by atoms with E-state index in [4.69, 9.17) is 4.74 Å². The molecule has 1 amide bonds. The van der Waals surface area contributed by atoms with Gasteiger partial charge in [-0.05, 0) is 31.4 Å². The summed E-state index contributed by atoms with van der Waals surface area (Å²) in [6.45, 7) is 3.71. The standard InChI is InChI=1S/C16H23NO2S/c1-13(20-15-7-3-2-4-8-15)12-17-16(18)10-9-14-6-5-11-19-14/h2-4,7-8,13-14H,5-6,9-12H2,1H3,(H,17,18). The van der Waals surface area contributed by atoms with Gasteiger partial charge in [0.1, 0.15) is 0 Å². The van der Waals surface area contributed by atoms with E-state index in [9.17, 15) is 4.79 Å². The number of thioether (sulfide) groups is 1. The van der Waals surface area contributed by atoms with Gasteiger partial charge in [0.2, 0.25) is 5.91 Å². The van der Waals surface area contributed by atoms with Crippen LogP contribution in [-0.2, 0) is 9.53 Å². The number of nitrogens with one attached hydrogen (secondary N) is 1. The summed E-state index contributed by atoms with van der Waals surface area (Å²) in [6, 6.07) is 10.3. The number of carbonyl (C=O) groups excluding carboxylic acids is 1. The average Bonchev–Trinajstić information content (AvgIpc) is 2.97. The van der Waals surface area contributed by atoms with Gasteiger partial charge in [-0.2, -0.15) is 0 Å². The van der Waals surface area contributed by atoms with Crippen molar-refractivity contribution in [1.29, 1.82) is 0 Å². The molecule has 1 aromatic carbocycles. The fourth-order valence-electron chi connectivity index (χ4n) is 2.28. The summed E-state index contributed by atoms with van der Waals surface area (Å²) in [5.74, 6) is 0.140. The molecule has 4 heteroatoms. The summed E-state index contributed by atoms with van der Waals surface area (Å²) < 4.78 is 5.52. The zero-order valence-corrected chi connectivity index (χ0v) is 12.8. The van der Waals surface area contributed by atoms with Crippen LogP contribution < -0.4 is 5.32 Å². The second kappa shape index (κ2) is 8.32. The van der Waals surface area contributed by atoms with E-state index in [1.54, 1.807) is 11.8 Å². The Morgan fingerprint density at radius 2 is 2.25 bits per heavy atom. The highest BCUT2D eigenvalue weighted by molar-refractivity contribution is 8.00. The molecular formula is C16H23NO2S. The van der Waals surface area contributed by atoms with Crippen molar-refractivity contribution in [3.05, 3.63) is 30.3 Å². The molecule has 1 N–H and O–H groups in total. The van der Waals surface area contributed by atoms with Gasteiger partial charge in [-0.3, -0.25) is 4.79 Å². The summed E-state index contributed by atoms with van der Waals surface area (Å²) >= 11 is 1.79. The largest absolute Gasteiger partial charge is 0.378 e. The molecule has 0 radical (unpaired) electrons. The van der Waals surface area contributed by atoms with Gasteiger partial charge >= 0.3 is 0 Å². The Morgan fingerprint density at radius 3 is 2.95 bits per heavy atom. The van der Waals surface area contributed by atoms with Gasteiger partial charge < -0.3 is 10.1 Å². The zero-order chi connectivity index (χ0) is 14.2. The van der Waals surface area contributed by atoms with Crippen LogP contribution in [-0.4, -0.2) is 30.4 Å². The van der Waals surface area contributed by atoms with Gasteiger partial charge in [0.15, 0.2) is 0 Å². The van der Waals surface area contributed by atoms with Crippen molar-refractivity contribution in [1.82, 2.24) is 5.32 Å². The van der Waals surface area contributed by atoms with Crippen LogP contribution in [0.3, 0.4) is 0 Å². The van der Waals surface area contributed by atoms with E-state index in [0.29, 0.717) is 24.3 Å². The molecule has 0 aromatic heterocycles. The van der Waals surface area contributed by atoms with Crippen molar-refractivity contribution < 1.29 is 9.53 Å². The number of benzene rings is 1. The molecule has 1 heterocycles. The maximum Gasteiger partial charge on any atom is 0.220 e. The third kappa shape index (κ3) is 5.55. The first-order chi connectivity index (χ1) is 9.74. The fourth-order valence-corrected chi connectivity index (χ4v) is 3.23. The molecule has 2 unspecified atom stereocenters. The monoisotopic (exact) mass is 293 g/mol. The molecule has 2 atom stereocenters. The Hall–Kier alpha value is -1.00. The van der Waals surface area contributed by atoms with Gasteiger partial charge in [-0.15, -0.1) is 11.8 Å². The lowest BCUT2D eigenvalue weighted by Gasteiger charge is -2.13. The van der Waals surface area contributed by atoms with Gasteiger partial charge in [0.25, 0.3) is 0 Å². The zero-order valence-electron chi connectivity index (χ0n) is 12.0. The molecular weight excluding hydrogens is 270 g/mol. The van der Waals surface area contributed by atoms with Crippen LogP contribution in [0.5, 0.6) is 0 Å². The van der Waals surface area contributed by atoms with Crippen LogP contribution in [0.15, 0.2) is 35.2 Å². The molecule has 3 nitrogen and oxygen atoms in total. The van der Waals surface area contributed by atoms with Crippen molar-refractivity contribution in [2.75, 3.05) is 13.2 Å². The van der Waals surface area contributed by atoms with Crippen molar-refractivity contribution in [2.45, 2.75) is 48.9 Å². The summed E-state index contributed by atoms with van der Waals surface area (Å²) in [4.78, 5) is 13.0. The predicted octanol–water partition coefficient (Wildman–Crippen LogP) is 3.24. The van der Waals surface area contributed by atoms with E-state index in [-0.39, 0.29) is 5.91 Å². The molecule has 20 heavy (non-hydrogen) atoms. The van der Waals surface area contributed by atoms with E-state index in [2.05, 4.69) is 24.4 Å². The highest BCUT2D eigenvalue weighted by atomic mass is 32.2. The van der Waals surface area contributed by atoms with Crippen molar-refractivity contribution in [2.24, 2.45) is 0 Å². The van der Waals surface area contributed by atoms with Gasteiger partial charge in [-0.25, -0.2) is 0 Å². The molecule has 2 rings (SSSR count). The maximum atomic E-state index is 11.8. The minimum absolute atomic E-state index is 0.140. The van der Waals surface area contributed by atoms with Crippen molar-refractivity contribution in [3.63, 3.8) is 0 Å². The summed E-state index contributed by atoms with van der Waals surface area (Å²) in [6.07, 6.45) is 3.97. The molecule has 110 valence electrons. The average molecular weight is 293 g/mol. The van der Waals surface area contributed by atoms with Crippen LogP contribution in [0.1, 0.15) is 32.6 Å². The highest BCUT2D eigenvalue weighted by Gasteiger charge is 2.16. The first-order valence-electron chi connectivity index (χ1n) is 7.34. The molecule has 1 saturated heterocycles. The number of rotatable bonds is 7. The smallest absolute Gasteiger partial charge is 0.220 e. The van der Waals surface area contributed by atoms with Gasteiger partial charge in [-0.1, -0.05) is 25.1 Å². The number of amides is 1. The summed E-state index contributed by atoms with van der Waals surface area (Å²) in [5, 5.41) is 3.39. The molecule has 0 bridgehead atoms. The van der Waals surface area contributed by atoms with Crippen LogP contribution in [0.25, 0.3) is 0 Å². The Bertz CT molecular complexity index is 404. The minimum atomic E-state index is 0.140. The number of ether oxygens (including phenoxy) is 1. The molecule has 1 aliphatic rings. The fraction of sp³-hybridized carbons (Fsp3) is 0.562. The highest BCUT2D eigenvalue weighted by Crippen LogP contribution is 2.22. The Morgan fingerprint density at radius 1 is 1.45 bits per heavy atom. The molecule has 0 aliphatic carbocycles. The lowest BCUT2D eigenvalue weighted by molar-refractivity contribution is -0.121. The molecule has 1 aliphatic heterocycles. The topological polar surface area (TPSA) is 38.3 Å². The summed E-state index contributed by atoms with van der Waals surface area (Å²) in [5.41, 5.74) is 0. The van der Waals surface area contributed by atoms with Crippen LogP contribution in [0, 0.1) is 0 Å². The number of hydrogen-bond acceptors (Lipinski definition) is 3. The first-order valence-corrected chi connectivity index (χ1v) is 8.22. The number of hydrogen-bond donors (Lipinski definition) is 1. The molecule has 1 aromatic rings. The van der Waals surface area contributed by atoms with E-state index < -0.39 is 0 Å². The van der Waals surface area contributed by atoms with Crippen LogP contribution in [0.4, 0.5) is 0 Å². The molecule has 0 spiro atoms. The van der Waals surface area contributed by atoms with E-state index in [1.807, 2.05) is 18.2 Å². The van der Waals surface area contributed by atoms with Crippen LogP contribution >= 0.6 is 11.8 Å². The Kier molecular flexibility index (Phi) is 6.40. The van der Waals surface area contributed by atoms with Crippen molar-refractivity contribution in [3.8, 4) is 0 Å². The predicted molar refractivity (Wildman–Crippen MR) is 83.0 cm³/mol. The quantitative estimate of drug-likeness (QED) is 0.784. The minimum Gasteiger partial charge on any atom is -0.378 e.